The maximum absolute atomic E-state index is 10.9. The Morgan fingerprint density at radius 3 is 2.32 bits per heavy atom. The number of carbonyl (C=O) groups excluding carboxylic acids is 2. The van der Waals surface area contributed by atoms with Crippen LogP contribution in [0.25, 0.3) is 0 Å². The molecule has 5 N–H and O–H groups in total. The Morgan fingerprint density at radius 1 is 1.26 bits per heavy atom. The summed E-state index contributed by atoms with van der Waals surface area (Å²) < 4.78 is 0. The van der Waals surface area contributed by atoms with Gasteiger partial charge in [-0.3, -0.25) is 9.59 Å². The van der Waals surface area contributed by atoms with Crippen molar-refractivity contribution in [1.82, 2.24) is 5.32 Å². The predicted octanol–water partition coefficient (Wildman–Crippen LogP) is -0.294. The molecule has 6 heteroatoms. The molecule has 0 spiro atoms. The van der Waals surface area contributed by atoms with E-state index < -0.39 is 18.1 Å². The molecule has 2 amide bonds. The van der Waals surface area contributed by atoms with E-state index in [-0.39, 0.29) is 18.9 Å². The lowest BCUT2D eigenvalue weighted by Crippen LogP contribution is -2.27. The van der Waals surface area contributed by atoms with Crippen LogP contribution in [0.5, 0.6) is 0 Å². The van der Waals surface area contributed by atoms with Gasteiger partial charge in [-0.15, -0.1) is 0 Å². The van der Waals surface area contributed by atoms with Crippen LogP contribution in [0, 0.1) is 0 Å². The number of hydrogen-bond acceptors (Lipinski definition) is 4. The number of aliphatic hydroxyl groups excluding tert-OH is 2. The molecule has 2 atom stereocenters. The second-order valence-electron chi connectivity index (χ2n) is 4.27. The maximum atomic E-state index is 10.9. The Labute approximate surface area is 111 Å². The van der Waals surface area contributed by atoms with E-state index in [1.165, 1.54) is 31.2 Å². The van der Waals surface area contributed by atoms with E-state index in [2.05, 4.69) is 5.32 Å². The minimum absolute atomic E-state index is 0.187. The van der Waals surface area contributed by atoms with Crippen LogP contribution in [0.15, 0.2) is 24.3 Å². The monoisotopic (exact) mass is 266 g/mol. The molecule has 0 aliphatic carbocycles. The number of carbonyl (C=O) groups is 2. The summed E-state index contributed by atoms with van der Waals surface area (Å²) in [5.41, 5.74) is 5.93. The van der Waals surface area contributed by atoms with Crippen LogP contribution in [-0.2, 0) is 4.79 Å². The van der Waals surface area contributed by atoms with Crippen molar-refractivity contribution in [2.75, 3.05) is 6.54 Å². The highest BCUT2D eigenvalue weighted by molar-refractivity contribution is 5.92. The third-order valence-corrected chi connectivity index (χ3v) is 2.72. The average molecular weight is 266 g/mol. The number of benzene rings is 1. The van der Waals surface area contributed by atoms with Crippen molar-refractivity contribution in [2.24, 2.45) is 5.73 Å². The minimum atomic E-state index is -1.07. The van der Waals surface area contributed by atoms with Crippen LogP contribution in [0.4, 0.5) is 0 Å². The van der Waals surface area contributed by atoms with Crippen LogP contribution in [0.3, 0.4) is 0 Å². The smallest absolute Gasteiger partial charge is 0.248 e. The standard InChI is InChI=1S/C13H18N2O4/c1-8(16)15-7-6-11(17)12(18)9-2-4-10(5-3-9)13(14)19/h2-5,11-12,17-18H,6-7H2,1H3,(H2,14,19)(H,15,16). The number of primary amides is 1. The Balaban J connectivity index is 2.58. The topological polar surface area (TPSA) is 113 Å². The zero-order valence-electron chi connectivity index (χ0n) is 10.7. The summed E-state index contributed by atoms with van der Waals surface area (Å²) >= 11 is 0. The van der Waals surface area contributed by atoms with Crippen molar-refractivity contribution < 1.29 is 19.8 Å². The number of nitrogens with two attached hydrogens (primary N) is 1. The van der Waals surface area contributed by atoms with Crippen LogP contribution in [-0.4, -0.2) is 34.7 Å². The normalized spacial score (nSPS) is 13.6. The first-order valence-corrected chi connectivity index (χ1v) is 5.92. The van der Waals surface area contributed by atoms with E-state index >= 15 is 0 Å². The fourth-order valence-electron chi connectivity index (χ4n) is 1.62. The maximum Gasteiger partial charge on any atom is 0.248 e. The quantitative estimate of drug-likeness (QED) is 0.566. The van der Waals surface area contributed by atoms with E-state index in [9.17, 15) is 19.8 Å². The second kappa shape index (κ2) is 6.86. The van der Waals surface area contributed by atoms with E-state index in [1.807, 2.05) is 0 Å². The fraction of sp³-hybridized carbons (Fsp3) is 0.385. The van der Waals surface area contributed by atoms with Gasteiger partial charge in [-0.1, -0.05) is 12.1 Å². The van der Waals surface area contributed by atoms with E-state index in [4.69, 9.17) is 5.73 Å². The Bertz CT molecular complexity index is 444. The first kappa shape index (κ1) is 15.1. The molecule has 0 aliphatic rings. The summed E-state index contributed by atoms with van der Waals surface area (Å²) in [7, 11) is 0. The second-order valence-corrected chi connectivity index (χ2v) is 4.27. The van der Waals surface area contributed by atoms with E-state index in [1.54, 1.807) is 0 Å². The number of nitrogens with one attached hydrogen (secondary N) is 1. The molecule has 104 valence electrons. The molecular weight excluding hydrogens is 248 g/mol. The summed E-state index contributed by atoms with van der Waals surface area (Å²) in [4.78, 5) is 21.6. The Morgan fingerprint density at radius 2 is 1.84 bits per heavy atom. The molecule has 0 saturated heterocycles. The SMILES string of the molecule is CC(=O)NCCC(O)C(O)c1ccc(C(N)=O)cc1. The number of hydrogen-bond donors (Lipinski definition) is 4. The van der Waals surface area contributed by atoms with E-state index in [0.29, 0.717) is 11.1 Å². The summed E-state index contributed by atoms with van der Waals surface area (Å²) in [6.45, 7) is 1.66. The van der Waals surface area contributed by atoms with Gasteiger partial charge in [0.1, 0.15) is 6.10 Å². The molecule has 0 bridgehead atoms. The van der Waals surface area contributed by atoms with Gasteiger partial charge in [0.15, 0.2) is 0 Å². The lowest BCUT2D eigenvalue weighted by atomic mass is 10.0. The summed E-state index contributed by atoms with van der Waals surface area (Å²) in [6.07, 6.45) is -1.83. The van der Waals surface area contributed by atoms with Gasteiger partial charge >= 0.3 is 0 Å². The van der Waals surface area contributed by atoms with Crippen LogP contribution in [0.2, 0.25) is 0 Å². The van der Waals surface area contributed by atoms with Crippen LogP contribution in [0.1, 0.15) is 35.4 Å². The number of amides is 2. The molecule has 2 unspecified atom stereocenters. The van der Waals surface area contributed by atoms with Crippen molar-refractivity contribution >= 4 is 11.8 Å². The minimum Gasteiger partial charge on any atom is -0.390 e. The van der Waals surface area contributed by atoms with E-state index in [0.717, 1.165) is 0 Å². The van der Waals surface area contributed by atoms with Crippen molar-refractivity contribution in [3.63, 3.8) is 0 Å². The van der Waals surface area contributed by atoms with Crippen LogP contribution >= 0.6 is 0 Å². The highest BCUT2D eigenvalue weighted by atomic mass is 16.3. The lowest BCUT2D eigenvalue weighted by molar-refractivity contribution is -0.119. The van der Waals surface area contributed by atoms with Crippen molar-refractivity contribution in [3.8, 4) is 0 Å². The van der Waals surface area contributed by atoms with Gasteiger partial charge in [0.2, 0.25) is 11.8 Å². The fourth-order valence-corrected chi connectivity index (χ4v) is 1.62. The largest absolute Gasteiger partial charge is 0.390 e. The van der Waals surface area contributed by atoms with Gasteiger partial charge in [0, 0.05) is 19.0 Å². The third-order valence-electron chi connectivity index (χ3n) is 2.72. The van der Waals surface area contributed by atoms with Gasteiger partial charge in [0.05, 0.1) is 6.10 Å². The highest BCUT2D eigenvalue weighted by Gasteiger charge is 2.18. The number of rotatable bonds is 6. The van der Waals surface area contributed by atoms with Gasteiger partial charge in [0.25, 0.3) is 0 Å². The zero-order chi connectivity index (χ0) is 14.4. The molecule has 1 rings (SSSR count). The first-order chi connectivity index (χ1) is 8.91. The molecule has 1 aromatic rings. The third kappa shape index (κ3) is 4.69. The van der Waals surface area contributed by atoms with Gasteiger partial charge < -0.3 is 21.3 Å². The molecule has 0 radical (unpaired) electrons. The van der Waals surface area contributed by atoms with Gasteiger partial charge in [-0.05, 0) is 24.1 Å². The summed E-state index contributed by atoms with van der Waals surface area (Å²) in [5, 5.41) is 22.2. The molecule has 1 aromatic carbocycles. The van der Waals surface area contributed by atoms with Crippen LogP contribution < -0.4 is 11.1 Å². The van der Waals surface area contributed by atoms with Crippen molar-refractivity contribution in [1.29, 1.82) is 0 Å². The molecule has 0 fully saturated rings. The zero-order valence-corrected chi connectivity index (χ0v) is 10.7. The molecule has 0 aromatic heterocycles. The van der Waals surface area contributed by atoms with Gasteiger partial charge in [-0.2, -0.15) is 0 Å². The van der Waals surface area contributed by atoms with Crippen molar-refractivity contribution in [2.45, 2.75) is 25.6 Å². The summed E-state index contributed by atoms with van der Waals surface area (Å²) in [5.74, 6) is -0.736. The average Bonchev–Trinajstić information content (AvgIpc) is 2.37. The van der Waals surface area contributed by atoms with Crippen molar-refractivity contribution in [3.05, 3.63) is 35.4 Å². The Hall–Kier alpha value is -1.92. The molecule has 6 nitrogen and oxygen atoms in total. The predicted molar refractivity (Wildman–Crippen MR) is 69.2 cm³/mol. The first-order valence-electron chi connectivity index (χ1n) is 5.92. The molecule has 0 aliphatic heterocycles. The Kier molecular flexibility index (Phi) is 5.47. The highest BCUT2D eigenvalue weighted by Crippen LogP contribution is 2.19. The molecular formula is C13H18N2O4. The molecule has 19 heavy (non-hydrogen) atoms. The summed E-state index contributed by atoms with van der Waals surface area (Å²) in [6, 6.07) is 6.04. The number of aliphatic hydroxyl groups is 2. The lowest BCUT2D eigenvalue weighted by Gasteiger charge is -2.18. The van der Waals surface area contributed by atoms with Gasteiger partial charge in [-0.25, -0.2) is 0 Å². The molecule has 0 saturated carbocycles. The molecule has 0 heterocycles.